The minimum atomic E-state index is -0.130. The molecule has 3 aromatic rings. The zero-order valence-corrected chi connectivity index (χ0v) is 15.2. The fraction of sp³-hybridized carbons (Fsp3) is 0.300. The van der Waals surface area contributed by atoms with Crippen LogP contribution in [0, 0.1) is 5.92 Å². The van der Waals surface area contributed by atoms with E-state index >= 15 is 0 Å². The Bertz CT molecular complexity index is 1050. The summed E-state index contributed by atoms with van der Waals surface area (Å²) in [6, 6.07) is 5.63. The number of carbonyl (C=O) groups is 2. The van der Waals surface area contributed by atoms with Crippen molar-refractivity contribution < 1.29 is 9.59 Å². The van der Waals surface area contributed by atoms with E-state index in [-0.39, 0.29) is 17.7 Å². The van der Waals surface area contributed by atoms with Crippen LogP contribution in [0.4, 0.5) is 5.82 Å². The van der Waals surface area contributed by atoms with Crippen LogP contribution < -0.4 is 10.6 Å². The van der Waals surface area contributed by atoms with Crippen LogP contribution in [0.15, 0.2) is 36.8 Å². The molecule has 0 spiro atoms. The number of hydrogen-bond acceptors (Lipinski definition) is 4. The second-order valence-corrected chi connectivity index (χ2v) is 7.29. The van der Waals surface area contributed by atoms with Gasteiger partial charge < -0.3 is 15.2 Å². The van der Waals surface area contributed by atoms with Gasteiger partial charge in [-0.1, -0.05) is 6.07 Å². The van der Waals surface area contributed by atoms with E-state index in [1.54, 1.807) is 12.4 Å². The number of aromatic amines is 1. The van der Waals surface area contributed by atoms with Crippen molar-refractivity contribution >= 4 is 17.6 Å². The van der Waals surface area contributed by atoms with Gasteiger partial charge in [-0.3, -0.25) is 19.7 Å². The van der Waals surface area contributed by atoms with Gasteiger partial charge >= 0.3 is 0 Å². The third kappa shape index (κ3) is 3.06. The van der Waals surface area contributed by atoms with Gasteiger partial charge in [-0.2, -0.15) is 5.10 Å². The van der Waals surface area contributed by atoms with Gasteiger partial charge in [0.25, 0.3) is 5.91 Å². The van der Waals surface area contributed by atoms with Crippen molar-refractivity contribution in [1.29, 1.82) is 0 Å². The van der Waals surface area contributed by atoms with Crippen LogP contribution >= 0.6 is 0 Å². The van der Waals surface area contributed by atoms with Crippen molar-refractivity contribution in [2.75, 3.05) is 5.32 Å². The minimum absolute atomic E-state index is 0.0470. The third-order valence-corrected chi connectivity index (χ3v) is 5.25. The summed E-state index contributed by atoms with van der Waals surface area (Å²) in [5, 5.41) is 13.2. The van der Waals surface area contributed by atoms with Gasteiger partial charge in [0.1, 0.15) is 0 Å². The maximum Gasteiger partial charge on any atom is 0.253 e. The summed E-state index contributed by atoms with van der Waals surface area (Å²) in [5.74, 6) is 0.664. The smallest absolute Gasteiger partial charge is 0.253 e. The fourth-order valence-electron chi connectivity index (χ4n) is 3.54. The molecule has 2 amide bonds. The zero-order chi connectivity index (χ0) is 19.1. The first-order valence-electron chi connectivity index (χ1n) is 9.45. The Morgan fingerprint density at radius 3 is 3.00 bits per heavy atom. The van der Waals surface area contributed by atoms with Crippen LogP contribution in [0.1, 0.15) is 34.3 Å². The molecule has 1 aliphatic heterocycles. The molecule has 8 heteroatoms. The molecule has 3 N–H and O–H groups in total. The van der Waals surface area contributed by atoms with Crippen LogP contribution in [0.5, 0.6) is 0 Å². The number of rotatable bonds is 5. The quantitative estimate of drug-likeness (QED) is 0.634. The van der Waals surface area contributed by atoms with E-state index in [1.807, 2.05) is 29.0 Å². The molecule has 5 rings (SSSR count). The van der Waals surface area contributed by atoms with Crippen LogP contribution in [-0.2, 0) is 24.3 Å². The van der Waals surface area contributed by atoms with E-state index in [2.05, 4.69) is 25.8 Å². The Hall–Kier alpha value is -3.42. The SMILES string of the molecule is O=C(NCc1cccnc1)c1cc2n(c1)CCc1c(NC(=O)C3CC3)n[nH]c1-2. The summed E-state index contributed by atoms with van der Waals surface area (Å²) in [5.41, 5.74) is 4.33. The Morgan fingerprint density at radius 2 is 2.21 bits per heavy atom. The van der Waals surface area contributed by atoms with Crippen molar-refractivity contribution in [3.05, 3.63) is 53.5 Å². The van der Waals surface area contributed by atoms with Crippen molar-refractivity contribution in [3.63, 3.8) is 0 Å². The molecule has 8 nitrogen and oxygen atoms in total. The largest absolute Gasteiger partial charge is 0.348 e. The number of H-pyrrole nitrogens is 1. The molecule has 0 radical (unpaired) electrons. The lowest BCUT2D eigenvalue weighted by molar-refractivity contribution is -0.117. The van der Waals surface area contributed by atoms with Crippen molar-refractivity contribution in [1.82, 2.24) is 25.1 Å². The maximum atomic E-state index is 12.6. The van der Waals surface area contributed by atoms with Crippen molar-refractivity contribution in [2.45, 2.75) is 32.4 Å². The second-order valence-electron chi connectivity index (χ2n) is 7.29. The van der Waals surface area contributed by atoms with E-state index in [9.17, 15) is 9.59 Å². The highest BCUT2D eigenvalue weighted by Gasteiger charge is 2.31. The highest BCUT2D eigenvalue weighted by molar-refractivity contribution is 5.96. The predicted octanol–water partition coefficient (Wildman–Crippen LogP) is 2.11. The summed E-state index contributed by atoms with van der Waals surface area (Å²) < 4.78 is 2.05. The number of fused-ring (bicyclic) bond motifs is 3. The lowest BCUT2D eigenvalue weighted by Gasteiger charge is -2.15. The summed E-state index contributed by atoms with van der Waals surface area (Å²) in [4.78, 5) is 28.7. The van der Waals surface area contributed by atoms with Gasteiger partial charge in [-0.05, 0) is 37.0 Å². The zero-order valence-electron chi connectivity index (χ0n) is 15.2. The van der Waals surface area contributed by atoms with E-state index in [0.717, 1.165) is 48.3 Å². The number of carbonyl (C=O) groups excluding carboxylic acids is 2. The van der Waals surface area contributed by atoms with E-state index in [0.29, 0.717) is 17.9 Å². The van der Waals surface area contributed by atoms with E-state index < -0.39 is 0 Å². The number of aromatic nitrogens is 4. The normalized spacial score (nSPS) is 14.9. The van der Waals surface area contributed by atoms with E-state index in [4.69, 9.17) is 0 Å². The number of aryl methyl sites for hydroxylation is 1. The number of nitrogens with zero attached hydrogens (tertiary/aromatic N) is 3. The van der Waals surface area contributed by atoms with Gasteiger partial charge in [0, 0.05) is 43.2 Å². The number of nitrogens with one attached hydrogen (secondary N) is 3. The molecule has 1 saturated carbocycles. The number of anilines is 1. The van der Waals surface area contributed by atoms with Crippen LogP contribution in [0.3, 0.4) is 0 Å². The van der Waals surface area contributed by atoms with Crippen molar-refractivity contribution in [3.8, 4) is 11.4 Å². The Labute approximate surface area is 161 Å². The molecule has 28 heavy (non-hydrogen) atoms. The lowest BCUT2D eigenvalue weighted by Crippen LogP contribution is -2.22. The summed E-state index contributed by atoms with van der Waals surface area (Å²) in [7, 11) is 0. The average Bonchev–Trinajstić information content (AvgIpc) is 3.36. The van der Waals surface area contributed by atoms with Gasteiger partial charge in [0.05, 0.1) is 17.0 Å². The van der Waals surface area contributed by atoms with Crippen LogP contribution in [0.25, 0.3) is 11.4 Å². The Morgan fingerprint density at radius 1 is 1.32 bits per heavy atom. The first-order valence-corrected chi connectivity index (χ1v) is 9.45. The first kappa shape index (κ1) is 16.7. The molecule has 0 unspecified atom stereocenters. The minimum Gasteiger partial charge on any atom is -0.348 e. The van der Waals surface area contributed by atoms with Crippen LogP contribution in [0.2, 0.25) is 0 Å². The molecule has 3 aromatic heterocycles. The fourth-order valence-corrected chi connectivity index (χ4v) is 3.54. The number of hydrogen-bond donors (Lipinski definition) is 3. The van der Waals surface area contributed by atoms with Crippen LogP contribution in [-0.4, -0.2) is 31.6 Å². The van der Waals surface area contributed by atoms with Gasteiger partial charge in [-0.25, -0.2) is 0 Å². The summed E-state index contributed by atoms with van der Waals surface area (Å²) in [6.45, 7) is 1.17. The number of amides is 2. The summed E-state index contributed by atoms with van der Waals surface area (Å²) in [6.07, 6.45) is 7.97. The molecule has 2 aliphatic rings. The first-order chi connectivity index (χ1) is 13.7. The number of pyridine rings is 1. The molecule has 0 bridgehead atoms. The molecule has 1 aliphatic carbocycles. The van der Waals surface area contributed by atoms with Crippen molar-refractivity contribution in [2.24, 2.45) is 5.92 Å². The highest BCUT2D eigenvalue weighted by Crippen LogP contribution is 2.35. The molecule has 4 heterocycles. The molecule has 0 aromatic carbocycles. The second kappa shape index (κ2) is 6.63. The molecular weight excluding hydrogens is 356 g/mol. The topological polar surface area (TPSA) is 105 Å². The molecule has 0 atom stereocenters. The highest BCUT2D eigenvalue weighted by atomic mass is 16.2. The average molecular weight is 376 g/mol. The maximum absolute atomic E-state index is 12.6. The van der Waals surface area contributed by atoms with Gasteiger partial charge in [0.15, 0.2) is 5.82 Å². The third-order valence-electron chi connectivity index (χ3n) is 5.25. The Kier molecular flexibility index (Phi) is 3.96. The molecule has 1 fully saturated rings. The van der Waals surface area contributed by atoms with E-state index in [1.165, 1.54) is 0 Å². The molecule has 0 saturated heterocycles. The van der Waals surface area contributed by atoms with Gasteiger partial charge in [0.2, 0.25) is 5.91 Å². The van der Waals surface area contributed by atoms with Gasteiger partial charge in [-0.15, -0.1) is 0 Å². The standard InChI is InChI=1S/C20H20N6O2/c27-19(22-10-12-2-1-6-21-9-12)14-8-16-17-15(5-7-26(16)11-14)18(25-24-17)23-20(28)13-3-4-13/h1-2,6,8-9,11,13H,3-5,7,10H2,(H,22,27)(H2,23,24,25,28). The predicted molar refractivity (Wildman–Crippen MR) is 102 cm³/mol. The summed E-state index contributed by atoms with van der Waals surface area (Å²) >= 11 is 0. The monoisotopic (exact) mass is 376 g/mol. The Balaban J connectivity index is 1.34. The lowest BCUT2D eigenvalue weighted by atomic mass is 10.1. The molecular formula is C20H20N6O2. The molecule has 142 valence electrons.